The molecule has 0 radical (unpaired) electrons. The van der Waals surface area contributed by atoms with E-state index in [1.165, 1.54) is 30.7 Å². The maximum atomic E-state index is 13.6. The predicted octanol–water partition coefficient (Wildman–Crippen LogP) is 3.24. The number of methoxy groups -OCH3 is 2. The number of ether oxygens (including phenoxy) is 3. The van der Waals surface area contributed by atoms with E-state index in [4.69, 9.17) is 9.47 Å². The van der Waals surface area contributed by atoms with Crippen molar-refractivity contribution in [1.82, 2.24) is 9.62 Å². The summed E-state index contributed by atoms with van der Waals surface area (Å²) in [5.74, 6) is -0.642. The number of esters is 1. The minimum Gasteiger partial charge on any atom is -0.497 e. The molecule has 0 heterocycles. The average Bonchev–Trinajstić information content (AvgIpc) is 2.94. The zero-order valence-corrected chi connectivity index (χ0v) is 24.0. The van der Waals surface area contributed by atoms with Gasteiger partial charge in [-0.3, -0.25) is 4.79 Å². The van der Waals surface area contributed by atoms with Crippen LogP contribution >= 0.6 is 0 Å². The number of sulfonamides is 1. The predicted molar refractivity (Wildman–Crippen MR) is 147 cm³/mol. The van der Waals surface area contributed by atoms with Crippen LogP contribution in [0.3, 0.4) is 0 Å². The highest BCUT2D eigenvalue weighted by molar-refractivity contribution is 7.89. The largest absolute Gasteiger partial charge is 0.497 e. The Morgan fingerprint density at radius 3 is 2.21 bits per heavy atom. The number of nitrogens with one attached hydrogen (secondary N) is 1. The quantitative estimate of drug-likeness (QED) is 0.315. The Morgan fingerprint density at radius 1 is 1.00 bits per heavy atom. The van der Waals surface area contributed by atoms with E-state index in [2.05, 4.69) is 10.1 Å². The maximum Gasteiger partial charge on any atom is 0.407 e. The number of hydrogen-bond donors (Lipinski definition) is 2. The van der Waals surface area contributed by atoms with Crippen LogP contribution in [-0.4, -0.2) is 76.0 Å². The first-order valence-electron chi connectivity index (χ1n) is 12.9. The van der Waals surface area contributed by atoms with Gasteiger partial charge >= 0.3 is 12.1 Å². The zero-order chi connectivity index (χ0) is 29.0. The van der Waals surface area contributed by atoms with Crippen LogP contribution < -0.4 is 10.1 Å². The van der Waals surface area contributed by atoms with Gasteiger partial charge in [-0.05, 0) is 49.1 Å². The van der Waals surface area contributed by atoms with Crippen molar-refractivity contribution in [2.24, 2.45) is 11.8 Å². The van der Waals surface area contributed by atoms with Crippen molar-refractivity contribution in [3.05, 3.63) is 60.2 Å². The summed E-state index contributed by atoms with van der Waals surface area (Å²) in [5.41, 5.74) is 0.830. The number of amides is 1. The molecule has 0 spiro atoms. The molecule has 39 heavy (non-hydrogen) atoms. The zero-order valence-electron chi connectivity index (χ0n) is 23.2. The van der Waals surface area contributed by atoms with Gasteiger partial charge in [0.2, 0.25) is 10.0 Å². The van der Waals surface area contributed by atoms with Crippen LogP contribution in [0.15, 0.2) is 59.5 Å². The van der Waals surface area contributed by atoms with E-state index < -0.39 is 40.1 Å². The summed E-state index contributed by atoms with van der Waals surface area (Å²) >= 11 is 0. The standard InChI is InChI=1S/C28H40N2O8S/c1-6-20(2)17-30(39(34,35)24-14-12-23(36-4)13-15-24)18-26(31)25(16-22-10-8-7-9-11-22)29-28(33)38-19-21(3)27(32)37-5/h7-15,20-21,25-26,31H,6,16-19H2,1-5H3,(H,29,33)/t20-,21-,25-,26+/m0/s1. The van der Waals surface area contributed by atoms with Crippen molar-refractivity contribution in [1.29, 1.82) is 0 Å². The Bertz CT molecular complexity index is 1140. The number of alkyl carbamates (subject to hydrolysis) is 1. The fourth-order valence-corrected chi connectivity index (χ4v) is 5.37. The van der Waals surface area contributed by atoms with Gasteiger partial charge in [0.25, 0.3) is 0 Å². The van der Waals surface area contributed by atoms with Crippen molar-refractivity contribution in [2.75, 3.05) is 33.9 Å². The molecule has 0 saturated heterocycles. The van der Waals surface area contributed by atoms with Crippen LogP contribution in [-0.2, 0) is 30.7 Å². The summed E-state index contributed by atoms with van der Waals surface area (Å²) in [6, 6.07) is 14.4. The second-order valence-electron chi connectivity index (χ2n) is 9.54. The van der Waals surface area contributed by atoms with E-state index in [0.29, 0.717) is 5.75 Å². The maximum absolute atomic E-state index is 13.6. The lowest BCUT2D eigenvalue weighted by Crippen LogP contribution is -2.51. The molecular weight excluding hydrogens is 524 g/mol. The molecule has 216 valence electrons. The Labute approximate surface area is 231 Å². The summed E-state index contributed by atoms with van der Waals surface area (Å²) in [5, 5.41) is 14.0. The molecule has 11 heteroatoms. The summed E-state index contributed by atoms with van der Waals surface area (Å²) in [6.45, 7) is 5.17. The molecule has 0 aromatic heterocycles. The number of aliphatic hydroxyl groups excluding tert-OH is 1. The second kappa shape index (κ2) is 15.4. The van der Waals surface area contributed by atoms with Crippen molar-refractivity contribution >= 4 is 22.1 Å². The number of carbonyl (C=O) groups excluding carboxylic acids is 2. The smallest absolute Gasteiger partial charge is 0.407 e. The van der Waals surface area contributed by atoms with Gasteiger partial charge in [-0.25, -0.2) is 13.2 Å². The lowest BCUT2D eigenvalue weighted by molar-refractivity contribution is -0.146. The molecule has 4 atom stereocenters. The highest BCUT2D eigenvalue weighted by Gasteiger charge is 2.32. The molecule has 0 fully saturated rings. The average molecular weight is 565 g/mol. The van der Waals surface area contributed by atoms with Gasteiger partial charge in [-0.1, -0.05) is 50.6 Å². The van der Waals surface area contributed by atoms with Crippen molar-refractivity contribution < 1.29 is 37.3 Å². The molecule has 0 saturated carbocycles. The number of benzene rings is 2. The highest BCUT2D eigenvalue weighted by Crippen LogP contribution is 2.22. The molecule has 0 unspecified atom stereocenters. The molecular formula is C28H40N2O8S. The molecule has 0 bridgehead atoms. The van der Waals surface area contributed by atoms with Crippen molar-refractivity contribution in [2.45, 2.75) is 50.7 Å². The lowest BCUT2D eigenvalue weighted by Gasteiger charge is -2.31. The number of nitrogens with zero attached hydrogens (tertiary/aromatic N) is 1. The third kappa shape index (κ3) is 9.83. The Kier molecular flexibility index (Phi) is 12.7. The molecule has 2 rings (SSSR count). The molecule has 2 aromatic carbocycles. The molecule has 2 N–H and O–H groups in total. The first-order valence-corrected chi connectivity index (χ1v) is 14.3. The first kappa shape index (κ1) is 32.1. The van der Waals surface area contributed by atoms with E-state index in [0.717, 1.165) is 12.0 Å². The fourth-order valence-electron chi connectivity index (χ4n) is 3.79. The van der Waals surface area contributed by atoms with Crippen LogP contribution in [0.1, 0.15) is 32.8 Å². The van der Waals surface area contributed by atoms with Gasteiger partial charge in [0, 0.05) is 13.1 Å². The van der Waals surface area contributed by atoms with Gasteiger partial charge < -0.3 is 24.6 Å². The van der Waals surface area contributed by atoms with E-state index in [1.807, 2.05) is 44.2 Å². The van der Waals surface area contributed by atoms with E-state index >= 15 is 0 Å². The van der Waals surface area contributed by atoms with Crippen LogP contribution in [0.2, 0.25) is 0 Å². The summed E-state index contributed by atoms with van der Waals surface area (Å²) in [6.07, 6.45) is -1.14. The van der Waals surface area contributed by atoms with Crippen LogP contribution in [0.4, 0.5) is 4.79 Å². The van der Waals surface area contributed by atoms with Gasteiger partial charge in [0.15, 0.2) is 0 Å². The second-order valence-corrected chi connectivity index (χ2v) is 11.5. The Morgan fingerprint density at radius 2 is 1.64 bits per heavy atom. The minimum atomic E-state index is -3.97. The molecule has 1 amide bonds. The van der Waals surface area contributed by atoms with Crippen molar-refractivity contribution in [3.8, 4) is 5.75 Å². The Balaban J connectivity index is 2.28. The summed E-state index contributed by atoms with van der Waals surface area (Å²) in [7, 11) is -1.23. The van der Waals surface area contributed by atoms with Gasteiger partial charge in [-0.2, -0.15) is 4.31 Å². The van der Waals surface area contributed by atoms with E-state index in [1.54, 1.807) is 19.1 Å². The molecule has 10 nitrogen and oxygen atoms in total. The molecule has 0 aliphatic carbocycles. The molecule has 0 aliphatic heterocycles. The highest BCUT2D eigenvalue weighted by atomic mass is 32.2. The van der Waals surface area contributed by atoms with Gasteiger partial charge in [0.05, 0.1) is 37.2 Å². The van der Waals surface area contributed by atoms with Gasteiger partial charge in [0.1, 0.15) is 12.4 Å². The molecule has 2 aromatic rings. The van der Waals surface area contributed by atoms with E-state index in [-0.39, 0.29) is 36.9 Å². The third-order valence-corrected chi connectivity index (χ3v) is 8.28. The Hall–Kier alpha value is -3.15. The van der Waals surface area contributed by atoms with Crippen LogP contribution in [0.25, 0.3) is 0 Å². The fraction of sp³-hybridized carbons (Fsp3) is 0.500. The van der Waals surface area contributed by atoms with E-state index in [9.17, 15) is 23.1 Å². The van der Waals surface area contributed by atoms with Crippen LogP contribution in [0, 0.1) is 11.8 Å². The topological polar surface area (TPSA) is 131 Å². The number of rotatable bonds is 15. The summed E-state index contributed by atoms with van der Waals surface area (Å²) < 4.78 is 43.4. The normalized spacial score (nSPS) is 14.6. The lowest BCUT2D eigenvalue weighted by atomic mass is 10.0. The van der Waals surface area contributed by atoms with Gasteiger partial charge in [-0.15, -0.1) is 0 Å². The SMILES string of the molecule is CC[C@H](C)CN(C[C@@H](O)[C@H](Cc1ccccc1)NC(=O)OC[C@H](C)C(=O)OC)S(=O)(=O)c1ccc(OC)cc1. The van der Waals surface area contributed by atoms with Crippen LogP contribution in [0.5, 0.6) is 5.75 Å². The molecule has 0 aliphatic rings. The monoisotopic (exact) mass is 564 g/mol. The number of carbonyl (C=O) groups is 2. The minimum absolute atomic E-state index is 0.0236. The van der Waals surface area contributed by atoms with Crippen molar-refractivity contribution in [3.63, 3.8) is 0 Å². The first-order chi connectivity index (χ1) is 18.5. The number of hydrogen-bond acceptors (Lipinski definition) is 8. The third-order valence-electron chi connectivity index (χ3n) is 6.43. The summed E-state index contributed by atoms with van der Waals surface area (Å²) in [4.78, 5) is 24.3. The number of aliphatic hydroxyl groups is 1.